The molecular formula is C56H49N5O. The van der Waals surface area contributed by atoms with Crippen LogP contribution in [0.5, 0.6) is 0 Å². The summed E-state index contributed by atoms with van der Waals surface area (Å²) < 4.78 is 9.27. The molecule has 6 unspecified atom stereocenters. The maximum atomic E-state index is 6.68. The summed E-state index contributed by atoms with van der Waals surface area (Å²) in [5, 5.41) is 6.22. The Balaban J connectivity index is 0.884. The first kappa shape index (κ1) is 35.9. The van der Waals surface area contributed by atoms with Crippen LogP contribution in [0.2, 0.25) is 0 Å². The van der Waals surface area contributed by atoms with Crippen LogP contribution in [0.3, 0.4) is 0 Å². The molecule has 6 nitrogen and oxygen atoms in total. The Morgan fingerprint density at radius 2 is 1.63 bits per heavy atom. The van der Waals surface area contributed by atoms with Crippen molar-refractivity contribution in [2.45, 2.75) is 63.1 Å². The lowest BCUT2D eigenvalue weighted by Gasteiger charge is -2.36. The zero-order valence-electron chi connectivity index (χ0n) is 34.8. The van der Waals surface area contributed by atoms with Gasteiger partial charge in [0.25, 0.3) is 0 Å². The van der Waals surface area contributed by atoms with E-state index >= 15 is 0 Å². The number of fused-ring (bicyclic) bond motifs is 7. The van der Waals surface area contributed by atoms with Gasteiger partial charge in [-0.15, -0.1) is 5.10 Å². The maximum Gasteiger partial charge on any atom is 0.320 e. The molecule has 0 amide bonds. The van der Waals surface area contributed by atoms with E-state index in [1.165, 1.54) is 78.5 Å². The first-order valence-corrected chi connectivity index (χ1v) is 22.8. The third-order valence-electron chi connectivity index (χ3n) is 14.8. The van der Waals surface area contributed by atoms with Crippen LogP contribution in [-0.4, -0.2) is 27.8 Å². The van der Waals surface area contributed by atoms with Crippen molar-refractivity contribution in [2.24, 2.45) is 22.9 Å². The summed E-state index contributed by atoms with van der Waals surface area (Å²) in [6, 6.07) is 32.1. The maximum absolute atomic E-state index is 6.68. The second kappa shape index (κ2) is 14.4. The average Bonchev–Trinajstić information content (AvgIpc) is 4.12. The van der Waals surface area contributed by atoms with Gasteiger partial charge in [-0.05, 0) is 139 Å². The van der Waals surface area contributed by atoms with Gasteiger partial charge in [-0.1, -0.05) is 121 Å². The average molecular weight is 808 g/mol. The SMILES string of the molecule is C1=CCC(C2NN=C(N3C4=CC=CC(C5CC=Cc6c5c5ccccc5n6C5=CCC6C(=C5)C5=C(CCC(c7ccccc7)=C5)N6c5ccccc5)C4C4=C3C=CCC4)O2)C=C1. The monoisotopic (exact) mass is 807 g/mol. The summed E-state index contributed by atoms with van der Waals surface area (Å²) in [5.74, 6) is 1.08. The highest BCUT2D eigenvalue weighted by atomic mass is 16.5. The molecule has 0 spiro atoms. The molecule has 0 bridgehead atoms. The molecule has 3 aliphatic heterocycles. The van der Waals surface area contributed by atoms with Gasteiger partial charge in [0.2, 0.25) is 0 Å². The Bertz CT molecular complexity index is 2920. The Hall–Kier alpha value is -6.79. The van der Waals surface area contributed by atoms with Crippen LogP contribution in [0.25, 0.3) is 28.2 Å². The van der Waals surface area contributed by atoms with Crippen molar-refractivity contribution < 1.29 is 4.74 Å². The Morgan fingerprint density at radius 1 is 0.758 bits per heavy atom. The van der Waals surface area contributed by atoms with Crippen molar-refractivity contribution in [1.29, 1.82) is 0 Å². The summed E-state index contributed by atoms with van der Waals surface area (Å²) in [7, 11) is 0. The van der Waals surface area contributed by atoms with Gasteiger partial charge in [-0.25, -0.2) is 0 Å². The van der Waals surface area contributed by atoms with Crippen molar-refractivity contribution in [3.63, 3.8) is 0 Å². The number of hydrogen-bond acceptors (Lipinski definition) is 5. The quantitative estimate of drug-likeness (QED) is 0.218. The first-order valence-electron chi connectivity index (χ1n) is 22.8. The normalized spacial score (nSPS) is 27.8. The van der Waals surface area contributed by atoms with Gasteiger partial charge in [0.1, 0.15) is 0 Å². The molecule has 6 atom stereocenters. The molecule has 0 fully saturated rings. The molecule has 6 heteroatoms. The van der Waals surface area contributed by atoms with E-state index in [1.807, 2.05) is 0 Å². The molecule has 0 radical (unpaired) electrons. The van der Waals surface area contributed by atoms with Crippen molar-refractivity contribution in [3.05, 3.63) is 215 Å². The number of ether oxygens (including phenoxy) is 1. The minimum absolute atomic E-state index is 0.178. The van der Waals surface area contributed by atoms with E-state index in [2.05, 4.69) is 190 Å². The second-order valence-corrected chi connectivity index (χ2v) is 18.0. The van der Waals surface area contributed by atoms with E-state index < -0.39 is 0 Å². The number of allylic oxidation sites excluding steroid dienone is 15. The number of nitrogens with zero attached hydrogens (tertiary/aromatic N) is 4. The van der Waals surface area contributed by atoms with Gasteiger partial charge in [0.15, 0.2) is 6.23 Å². The van der Waals surface area contributed by atoms with Crippen LogP contribution in [0.15, 0.2) is 203 Å². The largest absolute Gasteiger partial charge is 0.437 e. The van der Waals surface area contributed by atoms with Crippen molar-refractivity contribution in [1.82, 2.24) is 14.9 Å². The van der Waals surface area contributed by atoms with Crippen LogP contribution in [0.4, 0.5) is 5.69 Å². The fourth-order valence-corrected chi connectivity index (χ4v) is 12.1. The van der Waals surface area contributed by atoms with Gasteiger partial charge in [-0.2, -0.15) is 0 Å². The van der Waals surface area contributed by atoms with E-state index in [4.69, 9.17) is 9.84 Å². The van der Waals surface area contributed by atoms with E-state index in [0.29, 0.717) is 11.9 Å². The first-order chi connectivity index (χ1) is 30.8. The molecule has 4 heterocycles. The van der Waals surface area contributed by atoms with Crippen molar-refractivity contribution >= 4 is 40.0 Å². The lowest BCUT2D eigenvalue weighted by Crippen LogP contribution is -2.35. The van der Waals surface area contributed by atoms with Crippen LogP contribution in [0.1, 0.15) is 67.7 Å². The predicted molar refractivity (Wildman–Crippen MR) is 252 cm³/mol. The number of hydrogen-bond donors (Lipinski definition) is 1. The van der Waals surface area contributed by atoms with Crippen molar-refractivity contribution in [2.75, 3.05) is 4.90 Å². The predicted octanol–water partition coefficient (Wildman–Crippen LogP) is 12.3. The number of rotatable bonds is 5. The third-order valence-corrected chi connectivity index (χ3v) is 14.8. The fraction of sp³-hybridized carbons (Fsp3) is 0.232. The van der Waals surface area contributed by atoms with Crippen LogP contribution < -0.4 is 10.3 Å². The molecule has 4 aromatic rings. The van der Waals surface area contributed by atoms with Gasteiger partial charge < -0.3 is 14.2 Å². The lowest BCUT2D eigenvalue weighted by molar-refractivity contribution is 0.126. The summed E-state index contributed by atoms with van der Waals surface area (Å²) in [6.45, 7) is 0. The molecule has 62 heavy (non-hydrogen) atoms. The van der Waals surface area contributed by atoms with Crippen LogP contribution in [-0.2, 0) is 4.74 Å². The van der Waals surface area contributed by atoms with E-state index in [9.17, 15) is 0 Å². The van der Waals surface area contributed by atoms with E-state index in [-0.39, 0.29) is 30.0 Å². The number of benzene rings is 3. The molecule has 13 rings (SSSR count). The van der Waals surface area contributed by atoms with E-state index in [0.717, 1.165) is 44.9 Å². The number of hydrazone groups is 1. The summed E-state index contributed by atoms with van der Waals surface area (Å²) in [6.07, 6.45) is 39.8. The molecule has 0 saturated carbocycles. The Kier molecular flexibility index (Phi) is 8.35. The summed E-state index contributed by atoms with van der Waals surface area (Å²) in [4.78, 5) is 4.97. The van der Waals surface area contributed by atoms with Crippen LogP contribution in [0, 0.1) is 17.8 Å². The topological polar surface area (TPSA) is 45.0 Å². The molecule has 6 aliphatic carbocycles. The highest BCUT2D eigenvalue weighted by Gasteiger charge is 2.48. The van der Waals surface area contributed by atoms with Gasteiger partial charge >= 0.3 is 6.02 Å². The highest BCUT2D eigenvalue weighted by molar-refractivity contribution is 5.94. The summed E-state index contributed by atoms with van der Waals surface area (Å²) >= 11 is 0. The molecule has 3 aromatic carbocycles. The Morgan fingerprint density at radius 3 is 2.52 bits per heavy atom. The van der Waals surface area contributed by atoms with Gasteiger partial charge in [0, 0.05) is 51.4 Å². The molecule has 304 valence electrons. The lowest BCUT2D eigenvalue weighted by atomic mass is 9.68. The second-order valence-electron chi connectivity index (χ2n) is 18.0. The molecule has 1 N–H and O–H groups in total. The Labute approximate surface area is 363 Å². The zero-order valence-corrected chi connectivity index (χ0v) is 34.8. The number of para-hydroxylation sites is 2. The molecular weight excluding hydrogens is 759 g/mol. The standard InChI is InChI=1S/C56H49N5O/c1-4-16-36(17-5-1)38-30-32-49-45(34-38)46-35-40(31-33-50(46)59(49)39-20-8-3-9-21-39)60-47-26-12-10-22-43(47)53-41(24-14-28-51(53)60)42-25-15-29-52-54(42)44-23-11-13-27-48(44)61(52)56-58-57-55(62-56)37-18-6-2-7-19-37/h1-10,12-18,20-22,25-29,31,34-35,37,41-42,50,54-55,57H,11,19,23-24,30,32-33H2. The zero-order chi connectivity index (χ0) is 40.7. The minimum Gasteiger partial charge on any atom is -0.437 e. The summed E-state index contributed by atoms with van der Waals surface area (Å²) in [5.41, 5.74) is 21.1. The third kappa shape index (κ3) is 5.51. The molecule has 0 saturated heterocycles. The number of nitrogens with one attached hydrogen (secondary N) is 1. The molecule has 1 aromatic heterocycles. The number of anilines is 1. The van der Waals surface area contributed by atoms with Crippen LogP contribution >= 0.6 is 0 Å². The minimum atomic E-state index is -0.178. The number of aromatic nitrogens is 1. The fourth-order valence-electron chi connectivity index (χ4n) is 12.1. The number of amidine groups is 1. The van der Waals surface area contributed by atoms with Gasteiger partial charge in [-0.3, -0.25) is 10.3 Å². The van der Waals surface area contributed by atoms with Gasteiger partial charge in [0.05, 0.1) is 11.6 Å². The smallest absolute Gasteiger partial charge is 0.320 e. The van der Waals surface area contributed by atoms with E-state index in [1.54, 1.807) is 0 Å². The highest BCUT2D eigenvalue weighted by Crippen LogP contribution is 2.55. The van der Waals surface area contributed by atoms with Crippen molar-refractivity contribution in [3.8, 4) is 0 Å². The molecule has 9 aliphatic rings.